The van der Waals surface area contributed by atoms with Gasteiger partial charge in [0.15, 0.2) is 11.5 Å². The molecule has 0 saturated carbocycles. The molecule has 1 aromatic heterocycles. The summed E-state index contributed by atoms with van der Waals surface area (Å²) in [5.41, 5.74) is 17.1. The number of primary amides is 1. The fourth-order valence-electron chi connectivity index (χ4n) is 2.26. The summed E-state index contributed by atoms with van der Waals surface area (Å²) in [6, 6.07) is 11.5. The third-order valence-electron chi connectivity index (χ3n) is 3.40. The Kier molecular flexibility index (Phi) is 14.0. The zero-order chi connectivity index (χ0) is 23.8. The molecule has 3 rings (SSSR count). The van der Waals surface area contributed by atoms with Crippen LogP contribution in [0.25, 0.3) is 10.9 Å². The summed E-state index contributed by atoms with van der Waals surface area (Å²) in [5.74, 6) is 1.68. The largest absolute Gasteiger partial charge is 0.493 e. The van der Waals surface area contributed by atoms with Crippen molar-refractivity contribution >= 4 is 40.6 Å². The minimum absolute atomic E-state index is 0.250. The molecule has 9 heteroatoms. The highest BCUT2D eigenvalue weighted by Gasteiger charge is 2.08. The Balaban J connectivity index is 0.000000497. The number of thioether (sulfide) groups is 1. The molecule has 0 radical (unpaired) electrons. The van der Waals surface area contributed by atoms with Crippen LogP contribution in [0.4, 0.5) is 11.5 Å². The first-order valence-electron chi connectivity index (χ1n) is 9.66. The van der Waals surface area contributed by atoms with Gasteiger partial charge in [-0.3, -0.25) is 4.79 Å². The van der Waals surface area contributed by atoms with Crippen LogP contribution in [0.2, 0.25) is 0 Å². The average molecular weight is 448 g/mol. The highest BCUT2D eigenvalue weighted by atomic mass is 32.2. The monoisotopic (exact) mass is 447 g/mol. The number of carbonyl (C=O) groups excluding carboxylic acids is 1. The smallest absolute Gasteiger partial charge is 0.204 e. The summed E-state index contributed by atoms with van der Waals surface area (Å²) in [6.45, 7) is 8.35. The SMILES string of the molecule is CC.CC(C)Sc1cccc(N)c1.COc1cc2ncnc(N)c2cc1OC.NC=O. The Morgan fingerprint density at radius 3 is 2.10 bits per heavy atom. The van der Waals surface area contributed by atoms with E-state index < -0.39 is 0 Å². The molecule has 1 amide bonds. The number of nitrogens with zero attached hydrogens (tertiary/aromatic N) is 2. The van der Waals surface area contributed by atoms with E-state index in [0.29, 0.717) is 22.6 Å². The number of benzene rings is 2. The lowest BCUT2D eigenvalue weighted by Gasteiger charge is -2.08. The van der Waals surface area contributed by atoms with Gasteiger partial charge in [-0.1, -0.05) is 33.8 Å². The van der Waals surface area contributed by atoms with Gasteiger partial charge in [-0.05, 0) is 24.3 Å². The molecule has 0 bridgehead atoms. The van der Waals surface area contributed by atoms with E-state index in [1.807, 2.05) is 43.8 Å². The molecule has 6 N–H and O–H groups in total. The molecule has 31 heavy (non-hydrogen) atoms. The van der Waals surface area contributed by atoms with Crippen molar-refractivity contribution in [3.63, 3.8) is 0 Å². The predicted octanol–water partition coefficient (Wildman–Crippen LogP) is 4.13. The number of hydrogen-bond donors (Lipinski definition) is 3. The molecule has 0 aliphatic rings. The third kappa shape index (κ3) is 9.90. The van der Waals surface area contributed by atoms with Crippen LogP contribution < -0.4 is 26.7 Å². The van der Waals surface area contributed by atoms with Gasteiger partial charge >= 0.3 is 0 Å². The normalized spacial score (nSPS) is 9.26. The summed E-state index contributed by atoms with van der Waals surface area (Å²) in [7, 11) is 3.15. The van der Waals surface area contributed by atoms with Gasteiger partial charge in [0, 0.05) is 27.3 Å². The van der Waals surface area contributed by atoms with Crippen molar-refractivity contribution in [3.05, 3.63) is 42.7 Å². The molecule has 0 spiro atoms. The molecule has 0 saturated heterocycles. The third-order valence-corrected chi connectivity index (χ3v) is 4.40. The number of methoxy groups -OCH3 is 2. The number of rotatable bonds is 4. The Morgan fingerprint density at radius 2 is 1.58 bits per heavy atom. The minimum atomic E-state index is 0.250. The molecule has 8 nitrogen and oxygen atoms in total. The quantitative estimate of drug-likeness (QED) is 0.308. The van der Waals surface area contributed by atoms with Gasteiger partial charge in [0.1, 0.15) is 12.1 Å². The fourth-order valence-corrected chi connectivity index (χ4v) is 3.17. The molecular weight excluding hydrogens is 414 g/mol. The second-order valence-corrected chi connectivity index (χ2v) is 7.51. The molecule has 2 aromatic carbocycles. The molecule has 0 aliphatic carbocycles. The lowest BCUT2D eigenvalue weighted by Crippen LogP contribution is -1.96. The highest BCUT2D eigenvalue weighted by molar-refractivity contribution is 7.99. The molecule has 0 atom stereocenters. The van der Waals surface area contributed by atoms with Crippen LogP contribution in [0.1, 0.15) is 27.7 Å². The summed E-state index contributed by atoms with van der Waals surface area (Å²) < 4.78 is 10.3. The maximum Gasteiger partial charge on any atom is 0.204 e. The van der Waals surface area contributed by atoms with Crippen molar-refractivity contribution in [1.82, 2.24) is 9.97 Å². The van der Waals surface area contributed by atoms with Crippen LogP contribution in [0.15, 0.2) is 47.6 Å². The summed E-state index contributed by atoms with van der Waals surface area (Å²) >= 11 is 1.83. The number of hydrogen-bond acceptors (Lipinski definition) is 8. The molecule has 170 valence electrons. The molecule has 0 unspecified atom stereocenters. The van der Waals surface area contributed by atoms with Crippen molar-refractivity contribution < 1.29 is 14.3 Å². The molecular formula is C22H33N5O3S. The van der Waals surface area contributed by atoms with Crippen molar-refractivity contribution in [3.8, 4) is 11.5 Å². The van der Waals surface area contributed by atoms with Gasteiger partial charge in [-0.25, -0.2) is 9.97 Å². The van der Waals surface area contributed by atoms with E-state index in [1.54, 1.807) is 26.4 Å². The Morgan fingerprint density at radius 1 is 1.00 bits per heavy atom. The molecule has 0 fully saturated rings. The Labute approximate surface area is 188 Å². The molecule has 3 aromatic rings. The topological polar surface area (TPSA) is 139 Å². The number of ether oxygens (including phenoxy) is 2. The summed E-state index contributed by atoms with van der Waals surface area (Å²) in [6.07, 6.45) is 1.67. The van der Waals surface area contributed by atoms with E-state index in [0.717, 1.165) is 16.6 Å². The van der Waals surface area contributed by atoms with Crippen LogP contribution in [-0.2, 0) is 4.79 Å². The van der Waals surface area contributed by atoms with E-state index in [4.69, 9.17) is 25.7 Å². The average Bonchev–Trinajstić information content (AvgIpc) is 2.75. The van der Waals surface area contributed by atoms with E-state index in [1.165, 1.54) is 11.2 Å². The van der Waals surface area contributed by atoms with E-state index in [2.05, 4.69) is 35.6 Å². The van der Waals surface area contributed by atoms with Crippen molar-refractivity contribution in [2.24, 2.45) is 5.73 Å². The van der Waals surface area contributed by atoms with Gasteiger partial charge in [0.05, 0.1) is 19.7 Å². The number of anilines is 2. The van der Waals surface area contributed by atoms with E-state index >= 15 is 0 Å². The Bertz CT molecular complexity index is 923. The minimum Gasteiger partial charge on any atom is -0.493 e. The van der Waals surface area contributed by atoms with Crippen LogP contribution in [0.3, 0.4) is 0 Å². The van der Waals surface area contributed by atoms with Crippen LogP contribution in [0, 0.1) is 0 Å². The van der Waals surface area contributed by atoms with Gasteiger partial charge in [0.2, 0.25) is 6.41 Å². The zero-order valence-corrected chi connectivity index (χ0v) is 19.8. The number of fused-ring (bicyclic) bond motifs is 1. The summed E-state index contributed by atoms with van der Waals surface area (Å²) in [4.78, 5) is 17.8. The van der Waals surface area contributed by atoms with Crippen molar-refractivity contribution in [2.45, 2.75) is 37.8 Å². The number of aromatic nitrogens is 2. The number of nitrogen functional groups attached to an aromatic ring is 2. The number of carbonyl (C=O) groups is 1. The molecule has 1 heterocycles. The Hall–Kier alpha value is -3.20. The molecule has 0 aliphatic heterocycles. The highest BCUT2D eigenvalue weighted by Crippen LogP contribution is 2.32. The van der Waals surface area contributed by atoms with Gasteiger partial charge in [-0.2, -0.15) is 0 Å². The predicted molar refractivity (Wildman–Crippen MR) is 131 cm³/mol. The zero-order valence-electron chi connectivity index (χ0n) is 19.0. The summed E-state index contributed by atoms with van der Waals surface area (Å²) in [5, 5.41) is 1.38. The number of amides is 1. The maximum absolute atomic E-state index is 8.58. The second-order valence-electron chi connectivity index (χ2n) is 5.86. The first-order chi connectivity index (χ1) is 14.9. The van der Waals surface area contributed by atoms with Crippen molar-refractivity contribution in [1.29, 1.82) is 0 Å². The first kappa shape index (κ1) is 27.8. The van der Waals surface area contributed by atoms with Crippen LogP contribution >= 0.6 is 11.8 Å². The fraction of sp³-hybridized carbons (Fsp3) is 0.318. The second kappa shape index (κ2) is 15.6. The lowest BCUT2D eigenvalue weighted by molar-refractivity contribution is -0.106. The standard InChI is InChI=1S/C10H11N3O2.C9H13NS.C2H6.CH3NO/c1-14-8-3-6-7(4-9(8)15-2)12-5-13-10(6)11;1-7(2)11-9-5-3-4-8(10)6-9;1-2;2-1-3/h3-5H,1-2H3,(H2,11,12,13);3-7H,10H2,1-2H3;1-2H3;1H,(H2,2,3). The number of nitrogens with two attached hydrogens (primary N) is 3. The van der Waals surface area contributed by atoms with Gasteiger partial charge in [-0.15, -0.1) is 11.8 Å². The van der Waals surface area contributed by atoms with E-state index in [-0.39, 0.29) is 6.41 Å². The van der Waals surface area contributed by atoms with Crippen LogP contribution in [0.5, 0.6) is 11.5 Å². The maximum atomic E-state index is 8.58. The van der Waals surface area contributed by atoms with E-state index in [9.17, 15) is 0 Å². The van der Waals surface area contributed by atoms with Gasteiger partial charge < -0.3 is 26.7 Å². The van der Waals surface area contributed by atoms with Crippen LogP contribution in [-0.4, -0.2) is 35.8 Å². The lowest BCUT2D eigenvalue weighted by atomic mass is 10.2. The van der Waals surface area contributed by atoms with Crippen molar-refractivity contribution in [2.75, 3.05) is 25.7 Å². The first-order valence-corrected chi connectivity index (χ1v) is 10.5. The van der Waals surface area contributed by atoms with Gasteiger partial charge in [0.25, 0.3) is 0 Å².